The van der Waals surface area contributed by atoms with E-state index in [4.69, 9.17) is 17.3 Å². The van der Waals surface area contributed by atoms with Crippen LogP contribution in [-0.4, -0.2) is 41.5 Å². The maximum Gasteiger partial charge on any atom is 0.239 e. The Morgan fingerprint density at radius 2 is 2.10 bits per heavy atom. The Bertz CT molecular complexity index is 661. The van der Waals surface area contributed by atoms with E-state index in [0.29, 0.717) is 16.4 Å². The van der Waals surface area contributed by atoms with Crippen LogP contribution in [0.15, 0.2) is 18.2 Å². The van der Waals surface area contributed by atoms with E-state index in [1.165, 1.54) is 13.0 Å². The molecule has 0 spiro atoms. The Morgan fingerprint density at radius 3 is 2.67 bits per heavy atom. The topological polar surface area (TPSA) is 106 Å². The van der Waals surface area contributed by atoms with Crippen molar-refractivity contribution >= 4 is 49.5 Å². The van der Waals surface area contributed by atoms with Gasteiger partial charge in [-0.15, -0.1) is 0 Å². The van der Waals surface area contributed by atoms with Crippen molar-refractivity contribution in [3.8, 4) is 0 Å². The van der Waals surface area contributed by atoms with E-state index in [1.54, 1.807) is 12.1 Å². The second-order valence-corrected chi connectivity index (χ2v) is 9.15. The fraction of sp³-hybridized carbons (Fsp3) is 0.417. The first-order valence-electron chi connectivity index (χ1n) is 6.01. The molecule has 0 fully saturated rings. The first kappa shape index (κ1) is 17.9. The Labute approximate surface area is 131 Å². The van der Waals surface area contributed by atoms with Gasteiger partial charge in [0.15, 0.2) is 0 Å². The zero-order valence-corrected chi connectivity index (χ0v) is 14.0. The van der Waals surface area contributed by atoms with Crippen molar-refractivity contribution < 1.29 is 17.4 Å². The smallest absolute Gasteiger partial charge is 0.239 e. The van der Waals surface area contributed by atoms with Gasteiger partial charge in [0.1, 0.15) is 15.1 Å². The maximum atomic E-state index is 12.0. The lowest BCUT2D eigenvalue weighted by Gasteiger charge is -2.13. The van der Waals surface area contributed by atoms with Crippen LogP contribution in [0, 0.1) is 0 Å². The molecule has 0 aliphatic heterocycles. The predicted octanol–water partition coefficient (Wildman–Crippen LogP) is 1.04. The summed E-state index contributed by atoms with van der Waals surface area (Å²) in [4.78, 5) is 12.0. The molecular formula is C12H17ClN2O4S2. The molecule has 1 aromatic rings. The van der Waals surface area contributed by atoms with E-state index in [1.807, 2.05) is 0 Å². The number of rotatable bonds is 6. The van der Waals surface area contributed by atoms with E-state index in [9.17, 15) is 17.4 Å². The highest BCUT2D eigenvalue weighted by Crippen LogP contribution is 2.23. The number of amides is 1. The Hall–Kier alpha value is -1.12. The monoisotopic (exact) mass is 352 g/mol. The van der Waals surface area contributed by atoms with Crippen LogP contribution >= 0.6 is 11.6 Å². The third kappa shape index (κ3) is 6.03. The summed E-state index contributed by atoms with van der Waals surface area (Å²) < 4.78 is 34.0. The Morgan fingerprint density at radius 1 is 1.48 bits per heavy atom. The van der Waals surface area contributed by atoms with Crippen LogP contribution in [-0.2, 0) is 25.4 Å². The third-order valence-electron chi connectivity index (χ3n) is 2.69. The minimum absolute atomic E-state index is 0.0849. The van der Waals surface area contributed by atoms with Crippen molar-refractivity contribution in [1.82, 2.24) is 0 Å². The Balaban J connectivity index is 2.70. The van der Waals surface area contributed by atoms with Gasteiger partial charge in [0.2, 0.25) is 5.91 Å². The second kappa shape index (κ2) is 7.24. The highest BCUT2D eigenvalue weighted by molar-refractivity contribution is 7.92. The SMILES string of the molecule is CC(C(=O)Nc1cc(Cl)ccc1N)S(=O)CCS(C)(=O)=O. The molecule has 2 unspecified atom stereocenters. The number of nitrogens with two attached hydrogens (primary N) is 1. The number of carbonyl (C=O) groups is 1. The van der Waals surface area contributed by atoms with Crippen LogP contribution in [0.2, 0.25) is 5.02 Å². The first-order valence-corrected chi connectivity index (χ1v) is 9.83. The molecule has 6 nitrogen and oxygen atoms in total. The molecule has 3 N–H and O–H groups in total. The summed E-state index contributed by atoms with van der Waals surface area (Å²) in [6.07, 6.45) is 1.06. The minimum Gasteiger partial charge on any atom is -0.397 e. The molecule has 0 saturated carbocycles. The van der Waals surface area contributed by atoms with Crippen molar-refractivity contribution in [3.05, 3.63) is 23.2 Å². The molecule has 9 heteroatoms. The summed E-state index contributed by atoms with van der Waals surface area (Å²) in [5, 5.41) is 2.09. The Kier molecular flexibility index (Phi) is 6.18. The highest BCUT2D eigenvalue weighted by atomic mass is 35.5. The molecule has 2 atom stereocenters. The average molecular weight is 353 g/mol. The van der Waals surface area contributed by atoms with Crippen LogP contribution in [0.25, 0.3) is 0 Å². The van der Waals surface area contributed by atoms with Gasteiger partial charge in [-0.05, 0) is 25.1 Å². The van der Waals surface area contributed by atoms with Gasteiger partial charge in [-0.3, -0.25) is 9.00 Å². The van der Waals surface area contributed by atoms with Crippen molar-refractivity contribution in [1.29, 1.82) is 0 Å². The molecule has 0 aliphatic carbocycles. The second-order valence-electron chi connectivity index (χ2n) is 4.58. The van der Waals surface area contributed by atoms with Gasteiger partial charge < -0.3 is 11.1 Å². The molecule has 1 amide bonds. The fourth-order valence-electron chi connectivity index (χ4n) is 1.40. The number of benzene rings is 1. The van der Waals surface area contributed by atoms with Gasteiger partial charge in [0.05, 0.1) is 17.1 Å². The number of nitrogen functional groups attached to an aromatic ring is 1. The van der Waals surface area contributed by atoms with Gasteiger partial charge in [0.25, 0.3) is 0 Å². The van der Waals surface area contributed by atoms with Gasteiger partial charge in [0, 0.05) is 27.8 Å². The number of sulfone groups is 1. The van der Waals surface area contributed by atoms with Crippen LogP contribution < -0.4 is 11.1 Å². The zero-order valence-electron chi connectivity index (χ0n) is 11.6. The van der Waals surface area contributed by atoms with E-state index < -0.39 is 31.8 Å². The maximum absolute atomic E-state index is 12.0. The van der Waals surface area contributed by atoms with Gasteiger partial charge in [-0.1, -0.05) is 11.6 Å². The van der Waals surface area contributed by atoms with E-state index in [-0.39, 0.29) is 11.5 Å². The van der Waals surface area contributed by atoms with E-state index >= 15 is 0 Å². The number of anilines is 2. The van der Waals surface area contributed by atoms with Gasteiger partial charge in [-0.2, -0.15) is 0 Å². The average Bonchev–Trinajstić information content (AvgIpc) is 2.38. The number of nitrogens with one attached hydrogen (secondary N) is 1. The summed E-state index contributed by atoms with van der Waals surface area (Å²) >= 11 is 5.81. The van der Waals surface area contributed by atoms with Gasteiger partial charge >= 0.3 is 0 Å². The summed E-state index contributed by atoms with van der Waals surface area (Å²) in [5.74, 6) is -0.814. The molecular weight excluding hydrogens is 336 g/mol. The standard InChI is InChI=1S/C12H17ClN2O4S2/c1-8(20(17)5-6-21(2,18)19)12(16)15-11-7-9(13)3-4-10(11)14/h3-4,7-8H,5-6,14H2,1-2H3,(H,15,16). The largest absolute Gasteiger partial charge is 0.397 e. The van der Waals surface area contributed by atoms with Crippen molar-refractivity contribution in [2.75, 3.05) is 28.8 Å². The number of halogens is 1. The van der Waals surface area contributed by atoms with Crippen molar-refractivity contribution in [2.45, 2.75) is 12.2 Å². The fourth-order valence-corrected chi connectivity index (χ4v) is 4.09. The lowest BCUT2D eigenvalue weighted by atomic mass is 10.2. The molecule has 1 aromatic carbocycles. The summed E-state index contributed by atoms with van der Waals surface area (Å²) in [5.41, 5.74) is 6.37. The third-order valence-corrected chi connectivity index (χ3v) is 5.74. The molecule has 0 aromatic heterocycles. The van der Waals surface area contributed by atoms with Crippen LogP contribution in [0.1, 0.15) is 6.92 Å². The minimum atomic E-state index is -3.21. The molecule has 21 heavy (non-hydrogen) atoms. The van der Waals surface area contributed by atoms with Crippen LogP contribution in [0.3, 0.4) is 0 Å². The van der Waals surface area contributed by atoms with E-state index in [2.05, 4.69) is 5.32 Å². The molecule has 1 rings (SSSR count). The van der Waals surface area contributed by atoms with E-state index in [0.717, 1.165) is 6.26 Å². The lowest BCUT2D eigenvalue weighted by Crippen LogP contribution is -2.32. The highest BCUT2D eigenvalue weighted by Gasteiger charge is 2.21. The lowest BCUT2D eigenvalue weighted by molar-refractivity contribution is -0.115. The van der Waals surface area contributed by atoms with Crippen molar-refractivity contribution in [3.63, 3.8) is 0 Å². The molecule has 0 heterocycles. The molecule has 0 bridgehead atoms. The first-order chi connectivity index (χ1) is 9.60. The van der Waals surface area contributed by atoms with Crippen LogP contribution in [0.4, 0.5) is 11.4 Å². The predicted molar refractivity (Wildman–Crippen MR) is 86.7 cm³/mol. The summed E-state index contributed by atoms with van der Waals surface area (Å²) in [6, 6.07) is 4.62. The van der Waals surface area contributed by atoms with Crippen molar-refractivity contribution in [2.24, 2.45) is 0 Å². The molecule has 118 valence electrons. The normalized spacial score (nSPS) is 14.4. The summed E-state index contributed by atoms with van der Waals surface area (Å²) in [7, 11) is -4.80. The van der Waals surface area contributed by atoms with Gasteiger partial charge in [-0.25, -0.2) is 8.42 Å². The molecule has 0 saturated heterocycles. The zero-order chi connectivity index (χ0) is 16.2. The van der Waals surface area contributed by atoms with Crippen LogP contribution in [0.5, 0.6) is 0 Å². The summed E-state index contributed by atoms with van der Waals surface area (Å²) in [6.45, 7) is 1.47. The number of carbonyl (C=O) groups excluding carboxylic acids is 1. The molecule has 0 radical (unpaired) electrons. The number of hydrogen-bond donors (Lipinski definition) is 2. The molecule has 0 aliphatic rings. The number of hydrogen-bond acceptors (Lipinski definition) is 5. The quantitative estimate of drug-likeness (QED) is 0.744.